The van der Waals surface area contributed by atoms with Gasteiger partial charge in [-0.25, -0.2) is 0 Å². The van der Waals surface area contributed by atoms with E-state index in [1.54, 1.807) is 0 Å². The van der Waals surface area contributed by atoms with Crippen molar-refractivity contribution in [2.24, 2.45) is 5.92 Å². The second kappa shape index (κ2) is 4.63. The molecular formula is C10H20N2. The first kappa shape index (κ1) is 9.75. The molecule has 2 N–H and O–H groups in total. The van der Waals surface area contributed by atoms with Crippen molar-refractivity contribution >= 4 is 0 Å². The molecule has 1 aliphatic rings. The molecule has 70 valence electrons. The molecule has 0 aromatic carbocycles. The molecule has 0 aliphatic carbocycles. The van der Waals surface area contributed by atoms with Crippen LogP contribution in [0.25, 0.3) is 0 Å². The summed E-state index contributed by atoms with van der Waals surface area (Å²) in [6.07, 6.45) is 6.88. The van der Waals surface area contributed by atoms with Gasteiger partial charge in [-0.3, -0.25) is 10.9 Å². The molecule has 2 unspecified atom stereocenters. The minimum absolute atomic E-state index is 0.634. The number of hydrogen-bond donors (Lipinski definition) is 2. The molecule has 0 amide bonds. The van der Waals surface area contributed by atoms with Gasteiger partial charge in [0.15, 0.2) is 0 Å². The Morgan fingerprint density at radius 2 is 2.08 bits per heavy atom. The van der Waals surface area contributed by atoms with Crippen molar-refractivity contribution in [3.05, 3.63) is 12.2 Å². The minimum atomic E-state index is 0.634. The first-order chi connectivity index (χ1) is 5.75. The van der Waals surface area contributed by atoms with E-state index in [0.29, 0.717) is 12.1 Å². The lowest BCUT2D eigenvalue weighted by atomic mass is 9.91. The van der Waals surface area contributed by atoms with Crippen molar-refractivity contribution < 1.29 is 0 Å². The Morgan fingerprint density at radius 1 is 1.33 bits per heavy atom. The van der Waals surface area contributed by atoms with Crippen LogP contribution in [0.2, 0.25) is 0 Å². The van der Waals surface area contributed by atoms with Crippen LogP contribution in [0.3, 0.4) is 0 Å². The first-order valence-electron chi connectivity index (χ1n) is 4.91. The van der Waals surface area contributed by atoms with E-state index in [9.17, 15) is 0 Å². The zero-order valence-electron chi connectivity index (χ0n) is 8.30. The summed E-state index contributed by atoms with van der Waals surface area (Å²) in [7, 11) is 0. The Morgan fingerprint density at radius 3 is 2.50 bits per heavy atom. The van der Waals surface area contributed by atoms with E-state index in [4.69, 9.17) is 0 Å². The highest BCUT2D eigenvalue weighted by molar-refractivity contribution is 4.93. The fourth-order valence-electron chi connectivity index (χ4n) is 1.61. The van der Waals surface area contributed by atoms with E-state index < -0.39 is 0 Å². The molecule has 1 aliphatic heterocycles. The van der Waals surface area contributed by atoms with Gasteiger partial charge in [-0.05, 0) is 25.7 Å². The van der Waals surface area contributed by atoms with Gasteiger partial charge in [0.05, 0.1) is 0 Å². The standard InChI is InChI=1S/C10H20N2/c1-4-5-6-7-8(2)10-9(3)11-12-10/h5-6,8-12H,4,7H2,1-3H3/b6-5-/t8-,9?,10?/m0/s1. The molecule has 0 bridgehead atoms. The molecule has 0 saturated carbocycles. The van der Waals surface area contributed by atoms with Crippen molar-refractivity contribution in [2.45, 2.75) is 45.7 Å². The highest BCUT2D eigenvalue weighted by Crippen LogP contribution is 2.16. The maximum absolute atomic E-state index is 3.24. The molecule has 0 aromatic rings. The zero-order valence-corrected chi connectivity index (χ0v) is 8.30. The SMILES string of the molecule is CC/C=C\C[C@H](C)C1NNC1C. The second-order valence-corrected chi connectivity index (χ2v) is 3.70. The molecule has 2 heteroatoms. The minimum Gasteiger partial charge on any atom is -0.253 e. The van der Waals surface area contributed by atoms with Crippen molar-refractivity contribution in [2.75, 3.05) is 0 Å². The molecule has 1 heterocycles. The van der Waals surface area contributed by atoms with Gasteiger partial charge in [-0.15, -0.1) is 0 Å². The van der Waals surface area contributed by atoms with Crippen LogP contribution < -0.4 is 10.9 Å². The average molecular weight is 168 g/mol. The van der Waals surface area contributed by atoms with Crippen LogP contribution in [0.4, 0.5) is 0 Å². The predicted molar refractivity (Wildman–Crippen MR) is 52.7 cm³/mol. The number of hydrogen-bond acceptors (Lipinski definition) is 2. The van der Waals surface area contributed by atoms with Gasteiger partial charge in [-0.2, -0.15) is 0 Å². The van der Waals surface area contributed by atoms with Crippen LogP contribution in [0.1, 0.15) is 33.6 Å². The summed E-state index contributed by atoms with van der Waals surface area (Å²) >= 11 is 0. The molecule has 3 atom stereocenters. The number of rotatable bonds is 4. The van der Waals surface area contributed by atoms with E-state index in [0.717, 1.165) is 12.3 Å². The smallest absolute Gasteiger partial charge is 0.0405 e. The van der Waals surface area contributed by atoms with E-state index in [1.165, 1.54) is 6.42 Å². The van der Waals surface area contributed by atoms with E-state index in [-0.39, 0.29) is 0 Å². The monoisotopic (exact) mass is 168 g/mol. The molecule has 0 aromatic heterocycles. The highest BCUT2D eigenvalue weighted by atomic mass is 15.5. The summed E-state index contributed by atoms with van der Waals surface area (Å²) in [5, 5.41) is 0. The van der Waals surface area contributed by atoms with E-state index >= 15 is 0 Å². The normalized spacial score (nSPS) is 31.9. The molecule has 12 heavy (non-hydrogen) atoms. The van der Waals surface area contributed by atoms with Crippen LogP contribution in [0.5, 0.6) is 0 Å². The summed E-state index contributed by atoms with van der Waals surface area (Å²) in [6.45, 7) is 6.70. The van der Waals surface area contributed by atoms with Gasteiger partial charge in [-0.1, -0.05) is 26.0 Å². The third-order valence-electron chi connectivity index (χ3n) is 2.54. The molecule has 0 spiro atoms. The van der Waals surface area contributed by atoms with Crippen LogP contribution in [0.15, 0.2) is 12.2 Å². The van der Waals surface area contributed by atoms with Crippen molar-refractivity contribution in [1.29, 1.82) is 0 Å². The average Bonchev–Trinajstić information content (AvgIpc) is 2.02. The van der Waals surface area contributed by atoms with Gasteiger partial charge in [0.2, 0.25) is 0 Å². The van der Waals surface area contributed by atoms with Gasteiger partial charge in [0.25, 0.3) is 0 Å². The lowest BCUT2D eigenvalue weighted by molar-refractivity contribution is 0.158. The molecule has 1 fully saturated rings. The van der Waals surface area contributed by atoms with Gasteiger partial charge in [0.1, 0.15) is 0 Å². The van der Waals surface area contributed by atoms with Crippen molar-refractivity contribution in [1.82, 2.24) is 10.9 Å². The van der Waals surface area contributed by atoms with Crippen LogP contribution in [-0.2, 0) is 0 Å². The Hall–Kier alpha value is -0.340. The van der Waals surface area contributed by atoms with Crippen LogP contribution in [0, 0.1) is 5.92 Å². The number of hydrazine groups is 1. The van der Waals surface area contributed by atoms with Crippen LogP contribution in [-0.4, -0.2) is 12.1 Å². The number of nitrogens with one attached hydrogen (secondary N) is 2. The third kappa shape index (κ3) is 2.32. The van der Waals surface area contributed by atoms with E-state index in [1.807, 2.05) is 0 Å². The third-order valence-corrected chi connectivity index (χ3v) is 2.54. The molecule has 2 nitrogen and oxygen atoms in total. The van der Waals surface area contributed by atoms with E-state index in [2.05, 4.69) is 43.8 Å². The Kier molecular flexibility index (Phi) is 3.76. The van der Waals surface area contributed by atoms with Crippen molar-refractivity contribution in [3.63, 3.8) is 0 Å². The van der Waals surface area contributed by atoms with Gasteiger partial charge >= 0.3 is 0 Å². The lowest BCUT2D eigenvalue weighted by Gasteiger charge is -2.40. The summed E-state index contributed by atoms with van der Waals surface area (Å²) in [5.41, 5.74) is 6.39. The second-order valence-electron chi connectivity index (χ2n) is 3.70. The zero-order chi connectivity index (χ0) is 8.97. The topological polar surface area (TPSA) is 24.1 Å². The molecule has 1 rings (SSSR count). The Labute approximate surface area is 75.4 Å². The van der Waals surface area contributed by atoms with Gasteiger partial charge in [0, 0.05) is 12.1 Å². The largest absolute Gasteiger partial charge is 0.253 e. The quantitative estimate of drug-likeness (QED) is 0.626. The highest BCUT2D eigenvalue weighted by Gasteiger charge is 2.29. The summed E-state index contributed by atoms with van der Waals surface area (Å²) in [4.78, 5) is 0. The van der Waals surface area contributed by atoms with Crippen LogP contribution >= 0.6 is 0 Å². The summed E-state index contributed by atoms with van der Waals surface area (Å²) in [5.74, 6) is 0.740. The van der Waals surface area contributed by atoms with Crippen molar-refractivity contribution in [3.8, 4) is 0 Å². The van der Waals surface area contributed by atoms with Gasteiger partial charge < -0.3 is 0 Å². The number of allylic oxidation sites excluding steroid dienone is 2. The summed E-state index contributed by atoms with van der Waals surface area (Å²) in [6, 6.07) is 1.29. The maximum Gasteiger partial charge on any atom is 0.0405 e. The molecule has 1 saturated heterocycles. The summed E-state index contributed by atoms with van der Waals surface area (Å²) < 4.78 is 0. The molecular weight excluding hydrogens is 148 g/mol. The lowest BCUT2D eigenvalue weighted by Crippen LogP contribution is -2.68. The maximum atomic E-state index is 3.24. The Bertz CT molecular complexity index is 154. The fraction of sp³-hybridized carbons (Fsp3) is 0.800. The first-order valence-corrected chi connectivity index (χ1v) is 4.91. The fourth-order valence-corrected chi connectivity index (χ4v) is 1.61. The molecule has 0 radical (unpaired) electrons. The Balaban J connectivity index is 2.19. The predicted octanol–water partition coefficient (Wildman–Crippen LogP) is 1.84.